The van der Waals surface area contributed by atoms with Gasteiger partial charge < -0.3 is 15.6 Å². The van der Waals surface area contributed by atoms with Crippen molar-refractivity contribution in [2.45, 2.75) is 44.2 Å². The van der Waals surface area contributed by atoms with Crippen LogP contribution in [0.2, 0.25) is 0 Å². The second-order valence-corrected chi connectivity index (χ2v) is 5.06. The Morgan fingerprint density at radius 3 is 2.89 bits per heavy atom. The largest absolute Gasteiger partial charge is 0.490 e. The number of hydrogen-bond donors (Lipinski definition) is 2. The Kier molecular flexibility index (Phi) is 3.57. The smallest absolute Gasteiger partial charge is 0.323 e. The van der Waals surface area contributed by atoms with Crippen LogP contribution in [0, 0.1) is 6.92 Å². The molecule has 1 saturated carbocycles. The van der Waals surface area contributed by atoms with Crippen LogP contribution in [-0.4, -0.2) is 22.7 Å². The summed E-state index contributed by atoms with van der Waals surface area (Å²) in [7, 11) is 0. The van der Waals surface area contributed by atoms with Crippen LogP contribution in [0.25, 0.3) is 0 Å². The average molecular weight is 249 g/mol. The first-order valence-corrected chi connectivity index (χ1v) is 6.26. The van der Waals surface area contributed by atoms with Crippen molar-refractivity contribution in [3.63, 3.8) is 0 Å². The highest BCUT2D eigenvalue weighted by atomic mass is 16.5. The molecule has 1 fully saturated rings. The van der Waals surface area contributed by atoms with Crippen molar-refractivity contribution in [2.24, 2.45) is 5.73 Å². The summed E-state index contributed by atoms with van der Waals surface area (Å²) >= 11 is 0. The van der Waals surface area contributed by atoms with E-state index in [1.807, 2.05) is 31.2 Å². The van der Waals surface area contributed by atoms with Gasteiger partial charge in [0, 0.05) is 6.42 Å². The van der Waals surface area contributed by atoms with Gasteiger partial charge in [-0.05, 0) is 37.8 Å². The number of carboxylic acid groups (broad SMARTS) is 1. The van der Waals surface area contributed by atoms with Gasteiger partial charge in [-0.2, -0.15) is 0 Å². The highest BCUT2D eigenvalue weighted by Gasteiger charge is 2.40. The van der Waals surface area contributed by atoms with Gasteiger partial charge in [-0.25, -0.2) is 0 Å². The number of carbonyl (C=O) groups is 1. The maximum absolute atomic E-state index is 11.2. The molecule has 0 saturated heterocycles. The van der Waals surface area contributed by atoms with Crippen molar-refractivity contribution < 1.29 is 14.6 Å². The number of hydrogen-bond acceptors (Lipinski definition) is 3. The third-order valence-corrected chi connectivity index (χ3v) is 3.55. The minimum absolute atomic E-state index is 0.110. The molecule has 0 aromatic heterocycles. The van der Waals surface area contributed by atoms with Gasteiger partial charge >= 0.3 is 5.97 Å². The van der Waals surface area contributed by atoms with E-state index >= 15 is 0 Å². The monoisotopic (exact) mass is 249 g/mol. The van der Waals surface area contributed by atoms with E-state index in [9.17, 15) is 4.79 Å². The Morgan fingerprint density at radius 1 is 1.50 bits per heavy atom. The Morgan fingerprint density at radius 2 is 2.22 bits per heavy atom. The van der Waals surface area contributed by atoms with E-state index in [-0.39, 0.29) is 6.10 Å². The van der Waals surface area contributed by atoms with Gasteiger partial charge in [0.2, 0.25) is 0 Å². The lowest BCUT2D eigenvalue weighted by Gasteiger charge is -2.34. The fourth-order valence-corrected chi connectivity index (χ4v) is 2.42. The van der Waals surface area contributed by atoms with Gasteiger partial charge in [0.15, 0.2) is 0 Å². The van der Waals surface area contributed by atoms with Crippen LogP contribution in [0.5, 0.6) is 5.75 Å². The van der Waals surface area contributed by atoms with E-state index in [1.165, 1.54) is 0 Å². The second kappa shape index (κ2) is 4.98. The molecule has 0 spiro atoms. The Bertz CT molecular complexity index is 446. The molecule has 2 rings (SSSR count). The van der Waals surface area contributed by atoms with Crippen LogP contribution in [0.3, 0.4) is 0 Å². The number of benzene rings is 1. The molecule has 4 heteroatoms. The molecule has 18 heavy (non-hydrogen) atoms. The molecule has 0 amide bonds. The number of nitrogens with two attached hydrogens (primary N) is 1. The molecule has 1 aliphatic rings. The predicted molar refractivity (Wildman–Crippen MR) is 68.6 cm³/mol. The normalized spacial score (nSPS) is 27.8. The van der Waals surface area contributed by atoms with E-state index in [2.05, 4.69) is 0 Å². The second-order valence-electron chi connectivity index (χ2n) is 5.06. The van der Waals surface area contributed by atoms with Gasteiger partial charge in [0.25, 0.3) is 0 Å². The van der Waals surface area contributed by atoms with Crippen molar-refractivity contribution in [1.82, 2.24) is 0 Å². The highest BCUT2D eigenvalue weighted by molar-refractivity contribution is 5.78. The zero-order chi connectivity index (χ0) is 13.2. The van der Waals surface area contributed by atoms with Gasteiger partial charge in [0.05, 0.1) is 0 Å². The third kappa shape index (κ3) is 2.64. The summed E-state index contributed by atoms with van der Waals surface area (Å²) in [5.74, 6) is -0.113. The predicted octanol–water partition coefficient (Wildman–Crippen LogP) is 2.10. The summed E-state index contributed by atoms with van der Waals surface area (Å²) in [6.07, 6.45) is 2.44. The lowest BCUT2D eigenvalue weighted by molar-refractivity contribution is -0.145. The molecular formula is C14H19NO3. The van der Waals surface area contributed by atoms with Crippen molar-refractivity contribution in [3.05, 3.63) is 29.8 Å². The van der Waals surface area contributed by atoms with Gasteiger partial charge in [-0.15, -0.1) is 0 Å². The fraction of sp³-hybridized carbons (Fsp3) is 0.500. The molecule has 98 valence electrons. The molecule has 2 atom stereocenters. The SMILES string of the molecule is Cc1ccccc1OC1CCCC(N)(C(=O)O)C1. The van der Waals surface area contributed by atoms with Gasteiger partial charge in [-0.3, -0.25) is 4.79 Å². The summed E-state index contributed by atoms with van der Waals surface area (Å²) in [5, 5.41) is 9.16. The molecule has 0 bridgehead atoms. The van der Waals surface area contributed by atoms with Crippen LogP contribution in [-0.2, 0) is 4.79 Å². The van der Waals surface area contributed by atoms with E-state index in [0.29, 0.717) is 12.8 Å². The van der Waals surface area contributed by atoms with E-state index in [0.717, 1.165) is 24.2 Å². The molecular weight excluding hydrogens is 230 g/mol. The first-order valence-electron chi connectivity index (χ1n) is 6.26. The van der Waals surface area contributed by atoms with Crippen LogP contribution in [0.1, 0.15) is 31.2 Å². The molecule has 3 N–H and O–H groups in total. The lowest BCUT2D eigenvalue weighted by Crippen LogP contribution is -2.53. The van der Waals surface area contributed by atoms with Crippen LogP contribution < -0.4 is 10.5 Å². The number of aliphatic carboxylic acids is 1. The first kappa shape index (κ1) is 12.9. The number of aryl methyl sites for hydroxylation is 1. The zero-order valence-corrected chi connectivity index (χ0v) is 10.6. The minimum Gasteiger partial charge on any atom is -0.490 e. The molecule has 1 aromatic carbocycles. The minimum atomic E-state index is -1.13. The quantitative estimate of drug-likeness (QED) is 0.860. The standard InChI is InChI=1S/C14H19NO3/c1-10-5-2-3-7-12(10)18-11-6-4-8-14(15,9-11)13(16)17/h2-3,5,7,11H,4,6,8-9,15H2,1H3,(H,16,17). The molecule has 0 heterocycles. The molecule has 0 radical (unpaired) electrons. The number of carboxylic acids is 1. The number of rotatable bonds is 3. The van der Waals surface area contributed by atoms with E-state index < -0.39 is 11.5 Å². The van der Waals surface area contributed by atoms with E-state index in [4.69, 9.17) is 15.6 Å². The average Bonchev–Trinajstić information content (AvgIpc) is 2.32. The van der Waals surface area contributed by atoms with E-state index in [1.54, 1.807) is 0 Å². The molecule has 1 aromatic rings. The maximum atomic E-state index is 11.2. The summed E-state index contributed by atoms with van der Waals surface area (Å²) < 4.78 is 5.89. The summed E-state index contributed by atoms with van der Waals surface area (Å²) in [5.41, 5.74) is 5.83. The Balaban J connectivity index is 2.07. The van der Waals surface area contributed by atoms with Crippen molar-refractivity contribution in [1.29, 1.82) is 0 Å². The molecule has 0 aliphatic heterocycles. The fourth-order valence-electron chi connectivity index (χ4n) is 2.42. The summed E-state index contributed by atoms with van der Waals surface area (Å²) in [6, 6.07) is 7.75. The highest BCUT2D eigenvalue weighted by Crippen LogP contribution is 2.30. The lowest BCUT2D eigenvalue weighted by atomic mass is 9.81. The van der Waals surface area contributed by atoms with Gasteiger partial charge in [-0.1, -0.05) is 18.2 Å². The van der Waals surface area contributed by atoms with Crippen molar-refractivity contribution >= 4 is 5.97 Å². The Labute approximate surface area is 107 Å². The van der Waals surface area contributed by atoms with Crippen LogP contribution in [0.4, 0.5) is 0 Å². The van der Waals surface area contributed by atoms with Crippen molar-refractivity contribution in [2.75, 3.05) is 0 Å². The Hall–Kier alpha value is -1.55. The summed E-state index contributed by atoms with van der Waals surface area (Å²) in [6.45, 7) is 1.98. The maximum Gasteiger partial charge on any atom is 0.323 e. The number of ether oxygens (including phenoxy) is 1. The zero-order valence-electron chi connectivity index (χ0n) is 10.6. The topological polar surface area (TPSA) is 72.5 Å². The number of para-hydroxylation sites is 1. The van der Waals surface area contributed by atoms with Crippen molar-refractivity contribution in [3.8, 4) is 5.75 Å². The molecule has 1 aliphatic carbocycles. The summed E-state index contributed by atoms with van der Waals surface area (Å²) in [4.78, 5) is 11.2. The molecule has 2 unspecified atom stereocenters. The molecule has 4 nitrogen and oxygen atoms in total. The van der Waals surface area contributed by atoms with Crippen LogP contribution in [0.15, 0.2) is 24.3 Å². The first-order chi connectivity index (χ1) is 8.51. The van der Waals surface area contributed by atoms with Gasteiger partial charge in [0.1, 0.15) is 17.4 Å². The third-order valence-electron chi connectivity index (χ3n) is 3.55. The van der Waals surface area contributed by atoms with Crippen LogP contribution >= 0.6 is 0 Å².